The first kappa shape index (κ1) is 25.5. The first-order valence-corrected chi connectivity index (χ1v) is 11.9. The SMILES string of the molecule is CCc1cccc(CNC[C@@H](O)[C@H](Cc2cc(F)cc(F)c2)NC(=O)c2ccc3nc(C)oc3c2)c1. The summed E-state index contributed by atoms with van der Waals surface area (Å²) in [6.07, 6.45) is -0.0576. The highest BCUT2D eigenvalue weighted by molar-refractivity contribution is 5.97. The van der Waals surface area contributed by atoms with E-state index in [9.17, 15) is 18.7 Å². The molecule has 4 aromatic rings. The van der Waals surface area contributed by atoms with Crippen molar-refractivity contribution in [2.45, 2.75) is 45.4 Å². The molecule has 0 saturated carbocycles. The van der Waals surface area contributed by atoms with Crippen LogP contribution in [-0.4, -0.2) is 34.7 Å². The molecule has 1 amide bonds. The van der Waals surface area contributed by atoms with Crippen molar-refractivity contribution in [2.75, 3.05) is 6.54 Å². The van der Waals surface area contributed by atoms with E-state index >= 15 is 0 Å². The van der Waals surface area contributed by atoms with Crippen molar-refractivity contribution in [3.05, 3.63) is 100 Å². The third kappa shape index (κ3) is 6.53. The predicted molar refractivity (Wildman–Crippen MR) is 134 cm³/mol. The molecule has 3 N–H and O–H groups in total. The maximum absolute atomic E-state index is 13.8. The molecule has 0 fully saturated rings. The molecule has 1 aromatic heterocycles. The number of aliphatic hydroxyl groups is 1. The van der Waals surface area contributed by atoms with Gasteiger partial charge in [-0.05, 0) is 59.9 Å². The Hall–Kier alpha value is -3.62. The second-order valence-electron chi connectivity index (χ2n) is 8.85. The number of rotatable bonds is 10. The van der Waals surface area contributed by atoms with Crippen LogP contribution in [0.25, 0.3) is 11.1 Å². The predicted octanol–water partition coefficient (Wildman–Crippen LogP) is 4.47. The van der Waals surface area contributed by atoms with E-state index in [1.807, 2.05) is 12.1 Å². The molecule has 0 aliphatic rings. The highest BCUT2D eigenvalue weighted by Crippen LogP contribution is 2.18. The number of carbonyl (C=O) groups excluding carboxylic acids is 1. The van der Waals surface area contributed by atoms with Gasteiger partial charge in [0.1, 0.15) is 17.2 Å². The maximum Gasteiger partial charge on any atom is 0.251 e. The van der Waals surface area contributed by atoms with Gasteiger partial charge in [0.05, 0.1) is 12.1 Å². The maximum atomic E-state index is 13.8. The summed E-state index contributed by atoms with van der Waals surface area (Å²) in [5, 5.41) is 17.0. The van der Waals surface area contributed by atoms with Crippen LogP contribution in [0.4, 0.5) is 8.78 Å². The molecule has 8 heteroatoms. The second kappa shape index (κ2) is 11.4. The molecule has 36 heavy (non-hydrogen) atoms. The monoisotopic (exact) mass is 493 g/mol. The van der Waals surface area contributed by atoms with Crippen LogP contribution in [-0.2, 0) is 19.4 Å². The number of fused-ring (bicyclic) bond motifs is 1. The molecule has 188 valence electrons. The van der Waals surface area contributed by atoms with Crippen LogP contribution in [0.5, 0.6) is 0 Å². The van der Waals surface area contributed by atoms with Crippen molar-refractivity contribution in [3.63, 3.8) is 0 Å². The molecule has 6 nitrogen and oxygen atoms in total. The Bertz CT molecular complexity index is 1330. The Labute approximate surface area is 208 Å². The lowest BCUT2D eigenvalue weighted by atomic mass is 10.00. The molecular formula is C28H29F2N3O3. The number of benzene rings is 3. The van der Waals surface area contributed by atoms with E-state index in [2.05, 4.69) is 34.7 Å². The van der Waals surface area contributed by atoms with Gasteiger partial charge >= 0.3 is 0 Å². The zero-order valence-corrected chi connectivity index (χ0v) is 20.2. The molecule has 2 atom stereocenters. The van der Waals surface area contributed by atoms with E-state index in [1.54, 1.807) is 25.1 Å². The van der Waals surface area contributed by atoms with E-state index in [0.29, 0.717) is 34.7 Å². The Kier molecular flexibility index (Phi) is 8.07. The van der Waals surface area contributed by atoms with Crippen LogP contribution < -0.4 is 10.6 Å². The van der Waals surface area contributed by atoms with Gasteiger partial charge < -0.3 is 20.2 Å². The Morgan fingerprint density at radius 3 is 2.53 bits per heavy atom. The summed E-state index contributed by atoms with van der Waals surface area (Å²) in [5.74, 6) is -1.39. The van der Waals surface area contributed by atoms with Gasteiger partial charge in [0, 0.05) is 31.6 Å². The summed E-state index contributed by atoms with van der Waals surface area (Å²) < 4.78 is 33.1. The fraction of sp³-hybridized carbons (Fsp3) is 0.286. The van der Waals surface area contributed by atoms with Crippen molar-refractivity contribution in [3.8, 4) is 0 Å². The Balaban J connectivity index is 1.48. The van der Waals surface area contributed by atoms with Crippen molar-refractivity contribution >= 4 is 17.0 Å². The lowest BCUT2D eigenvalue weighted by Gasteiger charge is -2.25. The van der Waals surface area contributed by atoms with Crippen molar-refractivity contribution in [2.24, 2.45) is 0 Å². The summed E-state index contributed by atoms with van der Waals surface area (Å²) in [7, 11) is 0. The molecule has 4 rings (SSSR count). The number of aromatic nitrogens is 1. The number of oxazole rings is 1. The minimum Gasteiger partial charge on any atom is -0.441 e. The average Bonchev–Trinajstić information content (AvgIpc) is 3.22. The number of nitrogens with one attached hydrogen (secondary N) is 2. The third-order valence-corrected chi connectivity index (χ3v) is 6.00. The number of hydrogen-bond donors (Lipinski definition) is 3. The third-order valence-electron chi connectivity index (χ3n) is 6.00. The van der Waals surface area contributed by atoms with Gasteiger partial charge in [-0.25, -0.2) is 13.8 Å². The molecule has 0 spiro atoms. The highest BCUT2D eigenvalue weighted by Gasteiger charge is 2.23. The van der Waals surface area contributed by atoms with Crippen LogP contribution in [0.1, 0.15) is 39.9 Å². The highest BCUT2D eigenvalue weighted by atomic mass is 19.1. The van der Waals surface area contributed by atoms with E-state index < -0.39 is 29.7 Å². The van der Waals surface area contributed by atoms with Gasteiger partial charge in [-0.2, -0.15) is 0 Å². The van der Waals surface area contributed by atoms with Crippen molar-refractivity contribution in [1.82, 2.24) is 15.6 Å². The molecule has 0 aliphatic carbocycles. The lowest BCUT2D eigenvalue weighted by molar-refractivity contribution is 0.0830. The zero-order chi connectivity index (χ0) is 25.7. The zero-order valence-electron chi connectivity index (χ0n) is 20.2. The molecule has 1 heterocycles. The van der Waals surface area contributed by atoms with Crippen molar-refractivity contribution in [1.29, 1.82) is 0 Å². The number of aryl methyl sites for hydroxylation is 2. The average molecular weight is 494 g/mol. The van der Waals surface area contributed by atoms with Crippen LogP contribution in [0, 0.1) is 18.6 Å². The fourth-order valence-electron chi connectivity index (χ4n) is 4.16. The molecule has 0 saturated heterocycles. The fourth-order valence-corrected chi connectivity index (χ4v) is 4.16. The normalized spacial score (nSPS) is 13.0. The number of aliphatic hydroxyl groups excluding tert-OH is 1. The summed E-state index contributed by atoms with van der Waals surface area (Å²) in [4.78, 5) is 17.3. The standard InChI is InChI=1S/C28H29F2N3O3/c1-3-18-5-4-6-19(9-18)15-31-16-26(34)25(12-20-10-22(29)14-23(30)11-20)33-28(35)21-7-8-24-27(13-21)36-17(2)32-24/h4-11,13-14,25-26,31,34H,3,12,15-16H2,1-2H3,(H,33,35)/t25-,26+/m0/s1. The van der Waals surface area contributed by atoms with E-state index in [0.717, 1.165) is 18.1 Å². The first-order valence-electron chi connectivity index (χ1n) is 11.9. The largest absolute Gasteiger partial charge is 0.441 e. The van der Waals surface area contributed by atoms with Crippen LogP contribution in [0.2, 0.25) is 0 Å². The molecule has 0 unspecified atom stereocenters. The number of carbonyl (C=O) groups is 1. The van der Waals surface area contributed by atoms with Gasteiger partial charge in [-0.3, -0.25) is 4.79 Å². The summed E-state index contributed by atoms with van der Waals surface area (Å²) in [5.41, 5.74) is 4.05. The van der Waals surface area contributed by atoms with Crippen LogP contribution >= 0.6 is 0 Å². The summed E-state index contributed by atoms with van der Waals surface area (Å²) in [6, 6.07) is 15.4. The van der Waals surface area contributed by atoms with E-state index in [1.165, 1.54) is 17.7 Å². The molecule has 0 aliphatic heterocycles. The minimum absolute atomic E-state index is 0.0399. The number of halogens is 2. The molecular weight excluding hydrogens is 464 g/mol. The van der Waals surface area contributed by atoms with Gasteiger partial charge in [0.25, 0.3) is 5.91 Å². The summed E-state index contributed by atoms with van der Waals surface area (Å²) >= 11 is 0. The lowest BCUT2D eigenvalue weighted by Crippen LogP contribution is -2.48. The number of hydrogen-bond acceptors (Lipinski definition) is 5. The van der Waals surface area contributed by atoms with Crippen LogP contribution in [0.15, 0.2) is 65.1 Å². The van der Waals surface area contributed by atoms with Gasteiger partial charge in [0.15, 0.2) is 11.5 Å². The van der Waals surface area contributed by atoms with E-state index in [4.69, 9.17) is 4.42 Å². The van der Waals surface area contributed by atoms with Gasteiger partial charge in [-0.15, -0.1) is 0 Å². The van der Waals surface area contributed by atoms with Crippen LogP contribution in [0.3, 0.4) is 0 Å². The van der Waals surface area contributed by atoms with Gasteiger partial charge in [-0.1, -0.05) is 31.2 Å². The second-order valence-corrected chi connectivity index (χ2v) is 8.85. The molecule has 0 radical (unpaired) electrons. The number of nitrogens with zero attached hydrogens (tertiary/aromatic N) is 1. The Morgan fingerprint density at radius 2 is 1.78 bits per heavy atom. The van der Waals surface area contributed by atoms with E-state index in [-0.39, 0.29) is 13.0 Å². The number of amides is 1. The van der Waals surface area contributed by atoms with Gasteiger partial charge in [0.2, 0.25) is 0 Å². The molecule has 0 bridgehead atoms. The topological polar surface area (TPSA) is 87.4 Å². The minimum atomic E-state index is -1.02. The molecule has 3 aromatic carbocycles. The summed E-state index contributed by atoms with van der Waals surface area (Å²) in [6.45, 7) is 4.50. The first-order chi connectivity index (χ1) is 17.3. The van der Waals surface area contributed by atoms with Crippen molar-refractivity contribution < 1.29 is 23.1 Å². The smallest absolute Gasteiger partial charge is 0.251 e. The quantitative estimate of drug-likeness (QED) is 0.304. The Morgan fingerprint density at radius 1 is 1.03 bits per heavy atom.